The minimum Gasteiger partial charge on any atom is -0.207 e. The van der Waals surface area contributed by atoms with E-state index in [2.05, 4.69) is 6.92 Å². The summed E-state index contributed by atoms with van der Waals surface area (Å²) in [6, 6.07) is 13.3. The van der Waals surface area contributed by atoms with Crippen molar-refractivity contribution >= 4 is 0 Å². The molecule has 2 aromatic rings. The van der Waals surface area contributed by atoms with Crippen LogP contribution in [0.3, 0.4) is 0 Å². The number of hydrogen-bond donors (Lipinski definition) is 0. The normalized spacial score (nSPS) is 27.2. The molecule has 2 fully saturated rings. The SMILES string of the molecule is CCCC1CCC(C2CCC(c3cc(F)c(C[C@H](C)c4ccccc4)c(F)c3)CC2)CC1. The third-order valence-electron chi connectivity index (χ3n) is 8.54. The molecule has 0 amide bonds. The molecule has 0 N–H and O–H groups in total. The second-order valence-corrected chi connectivity index (χ2v) is 10.7. The molecule has 4 rings (SSSR count). The number of benzene rings is 2. The van der Waals surface area contributed by atoms with Crippen molar-refractivity contribution in [3.8, 4) is 0 Å². The fourth-order valence-electron chi connectivity index (χ4n) is 6.54. The highest BCUT2D eigenvalue weighted by Crippen LogP contribution is 2.44. The lowest BCUT2D eigenvalue weighted by Gasteiger charge is -2.38. The molecule has 2 heteroatoms. The van der Waals surface area contributed by atoms with E-state index in [4.69, 9.17) is 0 Å². The third-order valence-corrected chi connectivity index (χ3v) is 8.54. The Balaban J connectivity index is 1.34. The van der Waals surface area contributed by atoms with E-state index in [0.717, 1.165) is 41.7 Å². The van der Waals surface area contributed by atoms with Crippen molar-refractivity contribution in [3.05, 3.63) is 70.8 Å². The van der Waals surface area contributed by atoms with Crippen LogP contribution in [0.5, 0.6) is 0 Å². The van der Waals surface area contributed by atoms with Crippen LogP contribution in [0.15, 0.2) is 42.5 Å². The molecular weight excluding hydrogens is 398 g/mol. The van der Waals surface area contributed by atoms with Crippen LogP contribution in [0.2, 0.25) is 0 Å². The smallest absolute Gasteiger partial charge is 0.129 e. The van der Waals surface area contributed by atoms with E-state index in [1.54, 1.807) is 12.1 Å². The van der Waals surface area contributed by atoms with Gasteiger partial charge in [-0.1, -0.05) is 69.9 Å². The first-order chi connectivity index (χ1) is 15.5. The molecule has 2 saturated carbocycles. The Morgan fingerprint density at radius 2 is 1.38 bits per heavy atom. The van der Waals surface area contributed by atoms with Gasteiger partial charge in [0.05, 0.1) is 0 Å². The van der Waals surface area contributed by atoms with Gasteiger partial charge in [0.2, 0.25) is 0 Å². The molecule has 0 unspecified atom stereocenters. The molecular formula is C30H40F2. The first-order valence-electron chi connectivity index (χ1n) is 13.1. The van der Waals surface area contributed by atoms with Gasteiger partial charge in [0.1, 0.15) is 11.6 Å². The minimum absolute atomic E-state index is 0.0916. The number of hydrogen-bond acceptors (Lipinski definition) is 0. The van der Waals surface area contributed by atoms with Gasteiger partial charge in [0.15, 0.2) is 0 Å². The maximum absolute atomic E-state index is 15.0. The highest BCUT2D eigenvalue weighted by Gasteiger charge is 2.31. The van der Waals surface area contributed by atoms with Crippen LogP contribution in [0.25, 0.3) is 0 Å². The standard InChI is InChI=1S/C30H40F2/c1-3-7-22-10-12-24(13-11-22)25-14-16-26(17-15-25)27-19-29(31)28(30(32)20-27)18-21(2)23-8-5-4-6-9-23/h4-6,8-9,19-22,24-26H,3,7,10-18H2,1-2H3/t21-,22?,24?,25?,26?/m0/s1. The fourth-order valence-corrected chi connectivity index (χ4v) is 6.54. The molecule has 0 spiro atoms. The summed E-state index contributed by atoms with van der Waals surface area (Å²) in [5, 5.41) is 0. The zero-order valence-electron chi connectivity index (χ0n) is 20.0. The van der Waals surface area contributed by atoms with Crippen LogP contribution in [0, 0.1) is 29.4 Å². The van der Waals surface area contributed by atoms with Crippen LogP contribution < -0.4 is 0 Å². The van der Waals surface area contributed by atoms with Gasteiger partial charge in [-0.05, 0) is 97.8 Å². The van der Waals surface area contributed by atoms with Gasteiger partial charge in [-0.15, -0.1) is 0 Å². The Bertz CT molecular complexity index is 819. The number of halogens is 2. The Hall–Kier alpha value is -1.70. The zero-order valence-corrected chi connectivity index (χ0v) is 20.0. The van der Waals surface area contributed by atoms with Crippen molar-refractivity contribution in [2.24, 2.45) is 17.8 Å². The lowest BCUT2D eigenvalue weighted by Crippen LogP contribution is -2.25. The zero-order chi connectivity index (χ0) is 22.5. The molecule has 0 bridgehead atoms. The predicted octanol–water partition coefficient (Wildman–Crippen LogP) is 9.19. The van der Waals surface area contributed by atoms with Crippen LogP contribution in [-0.2, 0) is 6.42 Å². The summed E-state index contributed by atoms with van der Waals surface area (Å²) >= 11 is 0. The van der Waals surface area contributed by atoms with Gasteiger partial charge in [-0.25, -0.2) is 8.78 Å². The van der Waals surface area contributed by atoms with Crippen molar-refractivity contribution in [1.29, 1.82) is 0 Å². The van der Waals surface area contributed by atoms with Gasteiger partial charge in [0.25, 0.3) is 0 Å². The van der Waals surface area contributed by atoms with E-state index >= 15 is 0 Å². The van der Waals surface area contributed by atoms with Gasteiger partial charge in [-0.3, -0.25) is 0 Å². The first kappa shape index (κ1) is 23.5. The summed E-state index contributed by atoms with van der Waals surface area (Å²) in [6.45, 7) is 4.34. The van der Waals surface area contributed by atoms with Gasteiger partial charge < -0.3 is 0 Å². The average molecular weight is 439 g/mol. The third kappa shape index (κ3) is 5.61. The van der Waals surface area contributed by atoms with E-state index in [1.165, 1.54) is 51.4 Å². The molecule has 0 radical (unpaired) electrons. The first-order valence-corrected chi connectivity index (χ1v) is 13.1. The lowest BCUT2D eigenvalue weighted by molar-refractivity contribution is 0.156. The summed E-state index contributed by atoms with van der Waals surface area (Å²) in [6.07, 6.45) is 13.4. The summed E-state index contributed by atoms with van der Waals surface area (Å²) in [7, 11) is 0. The topological polar surface area (TPSA) is 0 Å². The van der Waals surface area contributed by atoms with E-state index in [0.29, 0.717) is 12.3 Å². The maximum Gasteiger partial charge on any atom is 0.129 e. The second-order valence-electron chi connectivity index (χ2n) is 10.7. The molecule has 2 aliphatic rings. The summed E-state index contributed by atoms with van der Waals surface area (Å²) < 4.78 is 29.9. The molecule has 0 nitrogen and oxygen atoms in total. The van der Waals surface area contributed by atoms with Crippen molar-refractivity contribution in [1.82, 2.24) is 0 Å². The van der Waals surface area contributed by atoms with Crippen molar-refractivity contribution in [2.45, 2.75) is 96.3 Å². The largest absolute Gasteiger partial charge is 0.207 e. The highest BCUT2D eigenvalue weighted by atomic mass is 19.1. The van der Waals surface area contributed by atoms with E-state index in [1.807, 2.05) is 37.3 Å². The van der Waals surface area contributed by atoms with Crippen molar-refractivity contribution in [2.75, 3.05) is 0 Å². The van der Waals surface area contributed by atoms with Crippen LogP contribution in [0.4, 0.5) is 8.78 Å². The molecule has 174 valence electrons. The molecule has 0 saturated heterocycles. The highest BCUT2D eigenvalue weighted by molar-refractivity contribution is 5.31. The molecule has 32 heavy (non-hydrogen) atoms. The fraction of sp³-hybridized carbons (Fsp3) is 0.600. The Morgan fingerprint density at radius 1 is 0.812 bits per heavy atom. The maximum atomic E-state index is 15.0. The monoisotopic (exact) mass is 438 g/mol. The van der Waals surface area contributed by atoms with Gasteiger partial charge in [-0.2, -0.15) is 0 Å². The average Bonchev–Trinajstić information content (AvgIpc) is 2.82. The molecule has 0 aromatic heterocycles. The van der Waals surface area contributed by atoms with Gasteiger partial charge >= 0.3 is 0 Å². The van der Waals surface area contributed by atoms with Gasteiger partial charge in [0, 0.05) is 5.56 Å². The Kier molecular flexibility index (Phi) is 8.02. The summed E-state index contributed by atoms with van der Waals surface area (Å²) in [4.78, 5) is 0. The van der Waals surface area contributed by atoms with E-state index in [9.17, 15) is 8.78 Å². The number of rotatable bonds is 7. The van der Waals surface area contributed by atoms with Crippen molar-refractivity contribution < 1.29 is 8.78 Å². The van der Waals surface area contributed by atoms with Crippen LogP contribution >= 0.6 is 0 Å². The quantitative estimate of drug-likeness (QED) is 0.404. The minimum atomic E-state index is -0.362. The van der Waals surface area contributed by atoms with Crippen LogP contribution in [0.1, 0.15) is 107 Å². The van der Waals surface area contributed by atoms with E-state index < -0.39 is 0 Å². The summed E-state index contributed by atoms with van der Waals surface area (Å²) in [5.41, 5.74) is 2.24. The molecule has 2 aliphatic carbocycles. The molecule has 0 aliphatic heterocycles. The Morgan fingerprint density at radius 3 is 1.94 bits per heavy atom. The molecule has 1 atom stereocenters. The second kappa shape index (κ2) is 10.9. The van der Waals surface area contributed by atoms with Crippen molar-refractivity contribution in [3.63, 3.8) is 0 Å². The molecule has 2 aromatic carbocycles. The predicted molar refractivity (Wildman–Crippen MR) is 130 cm³/mol. The summed E-state index contributed by atoms with van der Waals surface area (Å²) in [5.74, 6) is 2.36. The van der Waals surface area contributed by atoms with E-state index in [-0.39, 0.29) is 23.1 Å². The lowest BCUT2D eigenvalue weighted by atomic mass is 9.68. The Labute approximate surface area is 193 Å². The molecule has 0 heterocycles. The van der Waals surface area contributed by atoms with Crippen LogP contribution in [-0.4, -0.2) is 0 Å².